The van der Waals surface area contributed by atoms with E-state index >= 15 is 0 Å². The van der Waals surface area contributed by atoms with Crippen molar-refractivity contribution >= 4 is 17.5 Å². The van der Waals surface area contributed by atoms with Crippen molar-refractivity contribution < 1.29 is 14.1 Å². The SMILES string of the molecule is CC(C)c1ccc(N2CC[C@@H](C(=O)NCCc3ncon3)C2=O)cc1. The summed E-state index contributed by atoms with van der Waals surface area (Å²) in [6.45, 7) is 5.20. The first-order chi connectivity index (χ1) is 12.1. The van der Waals surface area contributed by atoms with Gasteiger partial charge in [-0.15, -0.1) is 0 Å². The fraction of sp³-hybridized carbons (Fsp3) is 0.444. The van der Waals surface area contributed by atoms with Gasteiger partial charge < -0.3 is 14.7 Å². The molecule has 2 aromatic rings. The second kappa shape index (κ2) is 7.46. The molecular formula is C18H22N4O3. The number of nitrogens with zero attached hydrogens (tertiary/aromatic N) is 3. The fourth-order valence-corrected chi connectivity index (χ4v) is 2.94. The van der Waals surface area contributed by atoms with Crippen molar-refractivity contribution in [2.75, 3.05) is 18.0 Å². The summed E-state index contributed by atoms with van der Waals surface area (Å²) in [5.74, 6) is -0.0369. The van der Waals surface area contributed by atoms with Crippen LogP contribution in [0.5, 0.6) is 0 Å². The van der Waals surface area contributed by atoms with Gasteiger partial charge in [0.25, 0.3) is 0 Å². The van der Waals surface area contributed by atoms with E-state index in [1.807, 2.05) is 24.3 Å². The van der Waals surface area contributed by atoms with E-state index in [4.69, 9.17) is 0 Å². The molecule has 3 rings (SSSR count). The lowest BCUT2D eigenvalue weighted by molar-refractivity contribution is -0.132. The Morgan fingerprint density at radius 3 is 2.76 bits per heavy atom. The van der Waals surface area contributed by atoms with Crippen LogP contribution in [0.3, 0.4) is 0 Å². The van der Waals surface area contributed by atoms with Crippen LogP contribution in [0.1, 0.15) is 37.6 Å². The lowest BCUT2D eigenvalue weighted by Crippen LogP contribution is -2.37. The largest absolute Gasteiger partial charge is 0.355 e. The average molecular weight is 342 g/mol. The highest BCUT2D eigenvalue weighted by atomic mass is 16.5. The molecule has 1 N–H and O–H groups in total. The summed E-state index contributed by atoms with van der Waals surface area (Å²) >= 11 is 0. The van der Waals surface area contributed by atoms with Crippen LogP contribution in [-0.2, 0) is 16.0 Å². The minimum absolute atomic E-state index is 0.144. The number of benzene rings is 1. The van der Waals surface area contributed by atoms with Crippen molar-refractivity contribution in [3.05, 3.63) is 42.0 Å². The number of carbonyl (C=O) groups is 2. The molecule has 1 fully saturated rings. The van der Waals surface area contributed by atoms with Crippen molar-refractivity contribution in [2.45, 2.75) is 32.6 Å². The fourth-order valence-electron chi connectivity index (χ4n) is 2.94. The minimum atomic E-state index is -0.630. The molecule has 1 aliphatic heterocycles. The molecule has 0 bridgehead atoms. The van der Waals surface area contributed by atoms with Gasteiger partial charge in [-0.1, -0.05) is 31.1 Å². The number of anilines is 1. The molecule has 1 aromatic carbocycles. The number of nitrogens with one attached hydrogen (secondary N) is 1. The van der Waals surface area contributed by atoms with E-state index in [1.54, 1.807) is 4.90 Å². The molecule has 0 unspecified atom stereocenters. The van der Waals surface area contributed by atoms with Gasteiger partial charge in [-0.2, -0.15) is 4.98 Å². The first-order valence-corrected chi connectivity index (χ1v) is 8.50. The van der Waals surface area contributed by atoms with Crippen LogP contribution in [0, 0.1) is 5.92 Å². The lowest BCUT2D eigenvalue weighted by atomic mass is 10.0. The Morgan fingerprint density at radius 1 is 1.36 bits per heavy atom. The van der Waals surface area contributed by atoms with Gasteiger partial charge in [0.2, 0.25) is 18.2 Å². The third-order valence-electron chi connectivity index (χ3n) is 4.45. The van der Waals surface area contributed by atoms with Crippen molar-refractivity contribution in [1.82, 2.24) is 15.5 Å². The molecule has 25 heavy (non-hydrogen) atoms. The van der Waals surface area contributed by atoms with Gasteiger partial charge >= 0.3 is 0 Å². The number of amides is 2. The summed E-state index contributed by atoms with van der Waals surface area (Å²) in [6, 6.07) is 7.96. The summed E-state index contributed by atoms with van der Waals surface area (Å²) in [6.07, 6.45) is 2.25. The van der Waals surface area contributed by atoms with Crippen LogP contribution in [0.4, 0.5) is 5.69 Å². The maximum atomic E-state index is 12.6. The normalized spacial score (nSPS) is 17.3. The topological polar surface area (TPSA) is 88.3 Å². The van der Waals surface area contributed by atoms with Gasteiger partial charge in [0.15, 0.2) is 5.82 Å². The Kier molecular flexibility index (Phi) is 5.11. The monoisotopic (exact) mass is 342 g/mol. The molecule has 7 nitrogen and oxygen atoms in total. The molecule has 0 aliphatic carbocycles. The van der Waals surface area contributed by atoms with E-state index in [2.05, 4.69) is 33.8 Å². The van der Waals surface area contributed by atoms with Gasteiger partial charge in [0, 0.05) is 25.2 Å². The number of rotatable bonds is 6. The number of aromatic nitrogens is 2. The van der Waals surface area contributed by atoms with Gasteiger partial charge in [0.05, 0.1) is 0 Å². The summed E-state index contributed by atoms with van der Waals surface area (Å²) in [7, 11) is 0. The third kappa shape index (κ3) is 3.87. The predicted molar refractivity (Wildman–Crippen MR) is 92.0 cm³/mol. The van der Waals surface area contributed by atoms with Crippen LogP contribution < -0.4 is 10.2 Å². The van der Waals surface area contributed by atoms with E-state index in [0.29, 0.717) is 37.7 Å². The molecule has 132 valence electrons. The Bertz CT molecular complexity index is 725. The Balaban J connectivity index is 1.56. The highest BCUT2D eigenvalue weighted by molar-refractivity contribution is 6.09. The molecule has 1 aliphatic rings. The Morgan fingerprint density at radius 2 is 2.12 bits per heavy atom. The molecule has 0 radical (unpaired) electrons. The van der Waals surface area contributed by atoms with Crippen molar-refractivity contribution in [3.8, 4) is 0 Å². The predicted octanol–water partition coefficient (Wildman–Crippen LogP) is 1.90. The molecule has 1 aromatic heterocycles. The Labute approximate surface area is 146 Å². The number of hydrogen-bond donors (Lipinski definition) is 1. The third-order valence-corrected chi connectivity index (χ3v) is 4.45. The van der Waals surface area contributed by atoms with E-state index in [9.17, 15) is 9.59 Å². The zero-order chi connectivity index (χ0) is 17.8. The summed E-state index contributed by atoms with van der Waals surface area (Å²) in [5.41, 5.74) is 2.07. The average Bonchev–Trinajstić information content (AvgIpc) is 3.24. The van der Waals surface area contributed by atoms with Crippen molar-refractivity contribution in [1.29, 1.82) is 0 Å². The number of hydrogen-bond acceptors (Lipinski definition) is 5. The minimum Gasteiger partial charge on any atom is -0.355 e. The van der Waals surface area contributed by atoms with E-state index < -0.39 is 5.92 Å². The van der Waals surface area contributed by atoms with Crippen LogP contribution in [0.2, 0.25) is 0 Å². The number of carbonyl (C=O) groups excluding carboxylic acids is 2. The second-order valence-electron chi connectivity index (χ2n) is 6.47. The molecule has 0 saturated carbocycles. The van der Waals surface area contributed by atoms with E-state index in [1.165, 1.54) is 12.0 Å². The van der Waals surface area contributed by atoms with Gasteiger partial charge in [0.1, 0.15) is 5.92 Å². The van der Waals surface area contributed by atoms with E-state index in [0.717, 1.165) is 5.69 Å². The first-order valence-electron chi connectivity index (χ1n) is 8.50. The lowest BCUT2D eigenvalue weighted by Gasteiger charge is -2.17. The molecular weight excluding hydrogens is 320 g/mol. The summed E-state index contributed by atoms with van der Waals surface area (Å²) < 4.78 is 4.64. The van der Waals surface area contributed by atoms with Crippen LogP contribution in [-0.4, -0.2) is 35.0 Å². The van der Waals surface area contributed by atoms with Gasteiger partial charge in [-0.3, -0.25) is 9.59 Å². The van der Waals surface area contributed by atoms with Gasteiger partial charge in [-0.25, -0.2) is 0 Å². The van der Waals surface area contributed by atoms with Gasteiger partial charge in [-0.05, 0) is 30.0 Å². The molecule has 2 amide bonds. The highest BCUT2D eigenvalue weighted by Gasteiger charge is 2.37. The van der Waals surface area contributed by atoms with Crippen LogP contribution in [0.25, 0.3) is 0 Å². The highest BCUT2D eigenvalue weighted by Crippen LogP contribution is 2.27. The molecule has 0 spiro atoms. The summed E-state index contributed by atoms with van der Waals surface area (Å²) in [4.78, 5) is 30.4. The van der Waals surface area contributed by atoms with Crippen LogP contribution >= 0.6 is 0 Å². The maximum Gasteiger partial charge on any atom is 0.239 e. The van der Waals surface area contributed by atoms with Crippen molar-refractivity contribution in [2.24, 2.45) is 5.92 Å². The standard InChI is InChI=1S/C18H22N4O3/c1-12(2)13-3-5-14(6-4-13)22-10-8-15(18(22)24)17(23)19-9-7-16-20-11-25-21-16/h3-6,11-12,15H,7-10H2,1-2H3,(H,19,23)/t15-/m0/s1. The van der Waals surface area contributed by atoms with Crippen molar-refractivity contribution in [3.63, 3.8) is 0 Å². The maximum absolute atomic E-state index is 12.6. The summed E-state index contributed by atoms with van der Waals surface area (Å²) in [5, 5.41) is 6.47. The zero-order valence-electron chi connectivity index (χ0n) is 14.4. The molecule has 7 heteroatoms. The molecule has 1 atom stereocenters. The van der Waals surface area contributed by atoms with Crippen LogP contribution in [0.15, 0.2) is 35.2 Å². The second-order valence-corrected chi connectivity index (χ2v) is 6.47. The zero-order valence-corrected chi connectivity index (χ0v) is 14.4. The smallest absolute Gasteiger partial charge is 0.239 e. The molecule has 1 saturated heterocycles. The molecule has 2 heterocycles. The van der Waals surface area contributed by atoms with E-state index in [-0.39, 0.29) is 11.8 Å². The Hall–Kier alpha value is -2.70. The first kappa shape index (κ1) is 17.1. The quantitative estimate of drug-likeness (QED) is 0.810.